The number of carbonyl (C=O) groups is 1. The zero-order valence-corrected chi connectivity index (χ0v) is 21.4. The first-order valence-corrected chi connectivity index (χ1v) is 12.6. The smallest absolute Gasteiger partial charge is 0.337 e. The van der Waals surface area contributed by atoms with Gasteiger partial charge in [0.2, 0.25) is 10.0 Å². The van der Waals surface area contributed by atoms with Gasteiger partial charge in [-0.2, -0.15) is 5.06 Å². The number of hydrogen-bond acceptors (Lipinski definition) is 7. The molecule has 35 heavy (non-hydrogen) atoms. The van der Waals surface area contributed by atoms with Gasteiger partial charge < -0.3 is 4.74 Å². The lowest BCUT2D eigenvalue weighted by molar-refractivity contribution is -0.227. The van der Waals surface area contributed by atoms with Crippen molar-refractivity contribution in [2.24, 2.45) is 0 Å². The van der Waals surface area contributed by atoms with E-state index in [-0.39, 0.29) is 17.0 Å². The molecule has 1 N–H and O–H groups in total. The summed E-state index contributed by atoms with van der Waals surface area (Å²) in [5.74, 6) is 1.47. The van der Waals surface area contributed by atoms with E-state index in [9.17, 15) is 18.0 Å². The Kier molecular flexibility index (Phi) is 8.33. The van der Waals surface area contributed by atoms with Gasteiger partial charge in [-0.25, -0.2) is 22.7 Å². The van der Waals surface area contributed by atoms with Gasteiger partial charge in [0.25, 0.3) is 0 Å². The van der Waals surface area contributed by atoms with E-state index in [0.29, 0.717) is 10.6 Å². The Hall–Kier alpha value is -2.78. The van der Waals surface area contributed by atoms with Crippen molar-refractivity contribution in [1.29, 1.82) is 0 Å². The normalized spacial score (nSPS) is 19.2. The topological polar surface area (TPSA) is 102 Å². The highest BCUT2D eigenvalue weighted by molar-refractivity contribution is 7.89. The van der Waals surface area contributed by atoms with Crippen LogP contribution in [0.3, 0.4) is 0 Å². The summed E-state index contributed by atoms with van der Waals surface area (Å²) in [6.45, 7) is 5.67. The molecule has 186 valence electrons. The van der Waals surface area contributed by atoms with Crippen molar-refractivity contribution >= 4 is 39.6 Å². The lowest BCUT2D eigenvalue weighted by atomic mass is 10.0. The van der Waals surface area contributed by atoms with Crippen molar-refractivity contribution in [3.63, 3.8) is 0 Å². The average molecular weight is 519 g/mol. The van der Waals surface area contributed by atoms with E-state index in [1.807, 2.05) is 26.7 Å². The molecule has 0 amide bonds. The SMILES string of the molecule is COC(=O)c1ccc(C=C[C@H]2C(=C=O)[C@@H](NS(=O)(=O)c3ccc(Cl)cc3)CN2OC(C)(C)C)cc1. The van der Waals surface area contributed by atoms with Crippen molar-refractivity contribution in [3.05, 3.63) is 76.3 Å². The van der Waals surface area contributed by atoms with Crippen LogP contribution in [0.4, 0.5) is 0 Å². The van der Waals surface area contributed by atoms with Crippen molar-refractivity contribution < 1.29 is 27.6 Å². The average Bonchev–Trinajstić information content (AvgIpc) is 3.10. The largest absolute Gasteiger partial charge is 0.465 e. The molecule has 0 saturated carbocycles. The molecule has 2 aromatic carbocycles. The summed E-state index contributed by atoms with van der Waals surface area (Å²) in [4.78, 5) is 29.7. The molecule has 1 saturated heterocycles. The fourth-order valence-electron chi connectivity index (χ4n) is 3.55. The molecule has 1 aliphatic heterocycles. The quantitative estimate of drug-likeness (QED) is 0.441. The minimum Gasteiger partial charge on any atom is -0.465 e. The van der Waals surface area contributed by atoms with Crippen LogP contribution in [0.1, 0.15) is 36.7 Å². The number of rotatable bonds is 7. The molecule has 2 atom stereocenters. The molecule has 2 aromatic rings. The van der Waals surface area contributed by atoms with Crippen LogP contribution in [0.2, 0.25) is 5.02 Å². The Morgan fingerprint density at radius 2 is 1.77 bits per heavy atom. The van der Waals surface area contributed by atoms with Gasteiger partial charge in [0, 0.05) is 11.6 Å². The first-order valence-electron chi connectivity index (χ1n) is 10.8. The van der Waals surface area contributed by atoms with Crippen molar-refractivity contribution in [2.75, 3.05) is 13.7 Å². The molecule has 0 radical (unpaired) electrons. The zero-order chi connectivity index (χ0) is 25.8. The number of carbonyl (C=O) groups excluding carboxylic acids is 2. The fourth-order valence-corrected chi connectivity index (χ4v) is 4.88. The van der Waals surface area contributed by atoms with Crippen LogP contribution in [0.25, 0.3) is 6.08 Å². The maximum Gasteiger partial charge on any atom is 0.337 e. The predicted octanol–water partition coefficient (Wildman–Crippen LogP) is 3.66. The van der Waals surface area contributed by atoms with E-state index in [1.165, 1.54) is 31.4 Å². The summed E-state index contributed by atoms with van der Waals surface area (Å²) < 4.78 is 33.2. The summed E-state index contributed by atoms with van der Waals surface area (Å²) in [5, 5.41) is 1.97. The van der Waals surface area contributed by atoms with Gasteiger partial charge >= 0.3 is 5.97 Å². The highest BCUT2D eigenvalue weighted by Gasteiger charge is 2.41. The van der Waals surface area contributed by atoms with Crippen molar-refractivity contribution in [1.82, 2.24) is 9.79 Å². The van der Waals surface area contributed by atoms with Gasteiger partial charge in [-0.05, 0) is 62.7 Å². The van der Waals surface area contributed by atoms with Crippen LogP contribution in [0.5, 0.6) is 0 Å². The van der Waals surface area contributed by atoms with Crippen LogP contribution in [0.15, 0.2) is 65.1 Å². The Labute approximate surface area is 210 Å². The number of hydroxylamine groups is 2. The second-order valence-corrected chi connectivity index (χ2v) is 11.1. The summed E-state index contributed by atoms with van der Waals surface area (Å²) in [6, 6.07) is 10.9. The van der Waals surface area contributed by atoms with Crippen LogP contribution >= 0.6 is 11.6 Å². The third kappa shape index (κ3) is 6.89. The van der Waals surface area contributed by atoms with Gasteiger partial charge in [-0.1, -0.05) is 35.9 Å². The molecule has 1 fully saturated rings. The highest BCUT2D eigenvalue weighted by Crippen LogP contribution is 2.29. The summed E-state index contributed by atoms with van der Waals surface area (Å²) in [5.41, 5.74) is 0.776. The van der Waals surface area contributed by atoms with E-state index >= 15 is 0 Å². The Morgan fingerprint density at radius 3 is 2.31 bits per heavy atom. The van der Waals surface area contributed by atoms with E-state index in [4.69, 9.17) is 21.2 Å². The van der Waals surface area contributed by atoms with Crippen LogP contribution in [-0.4, -0.2) is 56.7 Å². The lowest BCUT2D eigenvalue weighted by Gasteiger charge is -2.29. The lowest BCUT2D eigenvalue weighted by Crippen LogP contribution is -2.40. The molecule has 0 unspecified atom stereocenters. The number of benzene rings is 2. The first kappa shape index (κ1) is 26.8. The summed E-state index contributed by atoms with van der Waals surface area (Å²) >= 11 is 5.87. The number of methoxy groups -OCH3 is 1. The third-order valence-corrected chi connectivity index (χ3v) is 6.84. The van der Waals surface area contributed by atoms with Gasteiger partial charge in [0.05, 0.1) is 40.8 Å². The minimum atomic E-state index is -3.94. The molecule has 0 bridgehead atoms. The van der Waals surface area contributed by atoms with E-state index in [1.54, 1.807) is 41.5 Å². The first-order chi connectivity index (χ1) is 16.4. The molecule has 0 aliphatic carbocycles. The predicted molar refractivity (Wildman–Crippen MR) is 133 cm³/mol. The van der Waals surface area contributed by atoms with Gasteiger partial charge in [0.15, 0.2) is 0 Å². The van der Waals surface area contributed by atoms with Crippen LogP contribution < -0.4 is 4.72 Å². The number of sulfonamides is 1. The maximum absolute atomic E-state index is 12.9. The molecular formula is C25H27ClN2O6S. The number of esters is 1. The molecule has 10 heteroatoms. The van der Waals surface area contributed by atoms with Gasteiger partial charge in [0.1, 0.15) is 5.94 Å². The van der Waals surface area contributed by atoms with Crippen LogP contribution in [0, 0.1) is 0 Å². The van der Waals surface area contributed by atoms with Crippen molar-refractivity contribution in [2.45, 2.75) is 43.4 Å². The molecule has 1 heterocycles. The van der Waals surface area contributed by atoms with E-state index < -0.39 is 33.7 Å². The van der Waals surface area contributed by atoms with E-state index in [0.717, 1.165) is 5.56 Å². The molecule has 3 rings (SSSR count). The second kappa shape index (κ2) is 10.9. The fraction of sp³-hybridized carbons (Fsp3) is 0.320. The standard InChI is InChI=1S/C25H27ClN2O6S/c1-25(2,3)34-28-15-22(27-35(31,32)20-12-10-19(26)11-13-20)21(16-29)23(28)14-7-17-5-8-18(9-6-17)24(30)33-4/h5-14,22-23,27H,15H2,1-4H3/t22-,23-/m0/s1. The van der Waals surface area contributed by atoms with Gasteiger partial charge in [-0.3, -0.25) is 4.84 Å². The number of halogens is 1. The summed E-state index contributed by atoms with van der Waals surface area (Å²) in [6.07, 6.45) is 3.49. The highest BCUT2D eigenvalue weighted by atomic mass is 35.5. The van der Waals surface area contributed by atoms with Crippen molar-refractivity contribution in [3.8, 4) is 0 Å². The monoisotopic (exact) mass is 518 g/mol. The summed E-state index contributed by atoms with van der Waals surface area (Å²) in [7, 11) is -2.62. The molecule has 0 spiro atoms. The number of nitrogens with zero attached hydrogens (tertiary/aromatic N) is 1. The second-order valence-electron chi connectivity index (χ2n) is 8.91. The van der Waals surface area contributed by atoms with Crippen LogP contribution in [-0.2, 0) is 24.4 Å². The zero-order valence-electron chi connectivity index (χ0n) is 19.8. The number of ether oxygens (including phenoxy) is 1. The maximum atomic E-state index is 12.9. The third-order valence-electron chi connectivity index (χ3n) is 5.10. The minimum absolute atomic E-state index is 0.0279. The molecule has 1 aliphatic rings. The Morgan fingerprint density at radius 1 is 1.14 bits per heavy atom. The molecular weight excluding hydrogens is 492 g/mol. The Balaban J connectivity index is 1.88. The van der Waals surface area contributed by atoms with Gasteiger partial charge in [-0.15, -0.1) is 0 Å². The molecule has 0 aromatic heterocycles. The van der Waals surface area contributed by atoms with E-state index in [2.05, 4.69) is 4.72 Å². The molecule has 8 nitrogen and oxygen atoms in total. The Bertz CT molecular complexity index is 1240. The number of hydrogen-bond donors (Lipinski definition) is 1. The number of nitrogens with one attached hydrogen (secondary N) is 1.